The maximum Gasteiger partial charge on any atom is 0.328 e. The topological polar surface area (TPSA) is 125 Å². The van der Waals surface area contributed by atoms with Crippen LogP contribution in [-0.4, -0.2) is 51.4 Å². The van der Waals surface area contributed by atoms with E-state index in [0.29, 0.717) is 19.5 Å². The number of nitrogens with zero attached hydrogens (tertiary/aromatic N) is 1. The smallest absolute Gasteiger partial charge is 0.328 e. The summed E-state index contributed by atoms with van der Waals surface area (Å²) in [6.07, 6.45) is 11.3. The molecule has 2 fully saturated rings. The Morgan fingerprint density at radius 3 is 2.19 bits per heavy atom. The fraction of sp³-hybridized carbons (Fsp3) is 0.577. The largest absolute Gasteiger partial charge is 0.340 e. The molecular weight excluding hydrogens is 480 g/mol. The van der Waals surface area contributed by atoms with Crippen LogP contribution < -0.4 is 15.4 Å². The van der Waals surface area contributed by atoms with Gasteiger partial charge in [0.25, 0.3) is 15.9 Å². The van der Waals surface area contributed by atoms with Crippen molar-refractivity contribution in [3.8, 4) is 0 Å². The number of imide groups is 1. The summed E-state index contributed by atoms with van der Waals surface area (Å²) in [4.78, 5) is 37.5. The van der Waals surface area contributed by atoms with Crippen LogP contribution in [0, 0.1) is 11.8 Å². The third-order valence-corrected chi connectivity index (χ3v) is 9.18. The van der Waals surface area contributed by atoms with Gasteiger partial charge in [0.2, 0.25) is 0 Å². The molecule has 5 amide bonds. The van der Waals surface area contributed by atoms with Gasteiger partial charge in [0.15, 0.2) is 0 Å². The Hall–Kier alpha value is -2.88. The van der Waals surface area contributed by atoms with E-state index in [2.05, 4.69) is 10.6 Å². The second-order valence-electron chi connectivity index (χ2n) is 9.98. The molecule has 0 spiro atoms. The number of urea groups is 2. The van der Waals surface area contributed by atoms with E-state index in [9.17, 15) is 22.8 Å². The Morgan fingerprint density at radius 1 is 0.972 bits per heavy atom. The van der Waals surface area contributed by atoms with E-state index in [-0.39, 0.29) is 10.8 Å². The first-order chi connectivity index (χ1) is 17.3. The van der Waals surface area contributed by atoms with Crippen molar-refractivity contribution in [2.45, 2.75) is 69.1 Å². The monoisotopic (exact) mass is 516 g/mol. The number of hydrogen-bond donors (Lipinski definition) is 3. The van der Waals surface area contributed by atoms with Crippen LogP contribution in [0.4, 0.5) is 9.59 Å². The number of fused-ring (bicyclic) bond motifs is 1. The molecule has 2 saturated carbocycles. The zero-order valence-corrected chi connectivity index (χ0v) is 21.7. The van der Waals surface area contributed by atoms with Gasteiger partial charge in [-0.15, -0.1) is 0 Å². The molecule has 10 heteroatoms. The van der Waals surface area contributed by atoms with Crippen molar-refractivity contribution in [1.82, 2.24) is 20.3 Å². The molecule has 1 aromatic carbocycles. The lowest BCUT2D eigenvalue weighted by Crippen LogP contribution is -2.47. The van der Waals surface area contributed by atoms with Crippen LogP contribution in [0.25, 0.3) is 0 Å². The molecule has 0 bridgehead atoms. The van der Waals surface area contributed by atoms with Crippen LogP contribution in [0.1, 0.15) is 63.4 Å². The molecule has 9 nitrogen and oxygen atoms in total. The summed E-state index contributed by atoms with van der Waals surface area (Å²) in [7, 11) is -2.61. The predicted octanol–water partition coefficient (Wildman–Crippen LogP) is 3.47. The molecular formula is C26H36N4O5S. The van der Waals surface area contributed by atoms with Crippen LogP contribution >= 0.6 is 0 Å². The zero-order chi connectivity index (χ0) is 25.7. The number of carbonyl (C=O) groups excluding carboxylic acids is 3. The molecule has 196 valence electrons. The highest BCUT2D eigenvalue weighted by molar-refractivity contribution is 7.90. The van der Waals surface area contributed by atoms with Gasteiger partial charge in [0.1, 0.15) is 0 Å². The number of amides is 5. The van der Waals surface area contributed by atoms with Gasteiger partial charge < -0.3 is 10.6 Å². The summed E-state index contributed by atoms with van der Waals surface area (Å²) < 4.78 is 26.0. The van der Waals surface area contributed by atoms with Crippen LogP contribution in [0.5, 0.6) is 0 Å². The molecule has 1 heterocycles. The molecule has 1 aromatic rings. The van der Waals surface area contributed by atoms with Gasteiger partial charge in [-0.25, -0.2) is 22.7 Å². The van der Waals surface area contributed by atoms with Crippen molar-refractivity contribution in [3.05, 3.63) is 41.0 Å². The number of carbonyl (C=O) groups is 3. The highest BCUT2D eigenvalue weighted by Crippen LogP contribution is 2.49. The quantitative estimate of drug-likeness (QED) is 0.553. The normalized spacial score (nSPS) is 22.6. The van der Waals surface area contributed by atoms with Gasteiger partial charge in [-0.2, -0.15) is 0 Å². The van der Waals surface area contributed by atoms with E-state index in [0.717, 1.165) is 43.2 Å². The Balaban J connectivity index is 0.000000434. The lowest BCUT2D eigenvalue weighted by Gasteiger charge is -2.46. The van der Waals surface area contributed by atoms with Crippen LogP contribution in [0.2, 0.25) is 0 Å². The van der Waals surface area contributed by atoms with Crippen molar-refractivity contribution >= 4 is 28.0 Å². The van der Waals surface area contributed by atoms with E-state index in [1.807, 2.05) is 4.72 Å². The minimum atomic E-state index is -3.93. The number of nitrogens with one attached hydrogen (secondary N) is 3. The Morgan fingerprint density at radius 2 is 1.61 bits per heavy atom. The molecule has 3 aliphatic carbocycles. The summed E-state index contributed by atoms with van der Waals surface area (Å²) in [5.41, 5.74) is 2.83. The molecule has 1 aliphatic heterocycles. The maximum atomic E-state index is 12.6. The van der Waals surface area contributed by atoms with Crippen molar-refractivity contribution in [2.24, 2.45) is 11.8 Å². The zero-order valence-electron chi connectivity index (χ0n) is 20.8. The van der Waals surface area contributed by atoms with Gasteiger partial charge in [-0.1, -0.05) is 17.7 Å². The SMILES string of the molecule is C1CC2CCC12.CNC(=O)NS(=O)(=O)c1ccc(CCNC(=O)N2CCC3=C(CCCC3)C2=O)cc1. The number of rotatable bonds is 5. The van der Waals surface area contributed by atoms with E-state index < -0.39 is 22.1 Å². The first kappa shape index (κ1) is 26.2. The van der Waals surface area contributed by atoms with Gasteiger partial charge in [0, 0.05) is 25.7 Å². The van der Waals surface area contributed by atoms with Gasteiger partial charge in [-0.05, 0) is 93.7 Å². The lowest BCUT2D eigenvalue weighted by molar-refractivity contribution is -0.125. The van der Waals surface area contributed by atoms with Crippen molar-refractivity contribution in [2.75, 3.05) is 20.1 Å². The number of sulfonamides is 1. The van der Waals surface area contributed by atoms with Crippen molar-refractivity contribution in [1.29, 1.82) is 0 Å². The Labute approximate surface area is 213 Å². The fourth-order valence-electron chi connectivity index (χ4n) is 5.25. The molecule has 0 atom stereocenters. The fourth-order valence-corrected chi connectivity index (χ4v) is 6.21. The lowest BCUT2D eigenvalue weighted by atomic mass is 9.60. The van der Waals surface area contributed by atoms with Crippen LogP contribution in [-0.2, 0) is 21.2 Å². The minimum absolute atomic E-state index is 0.0330. The summed E-state index contributed by atoms with van der Waals surface area (Å²) in [6.45, 7) is 0.728. The summed E-state index contributed by atoms with van der Waals surface area (Å²) >= 11 is 0. The average Bonchev–Trinajstić information content (AvgIpc) is 2.87. The third-order valence-electron chi connectivity index (χ3n) is 7.83. The molecule has 4 aliphatic rings. The molecule has 0 unspecified atom stereocenters. The molecule has 0 aromatic heterocycles. The maximum absolute atomic E-state index is 12.6. The van der Waals surface area contributed by atoms with Gasteiger partial charge in [-0.3, -0.25) is 9.69 Å². The Kier molecular flexibility index (Phi) is 8.33. The van der Waals surface area contributed by atoms with Gasteiger partial charge in [0.05, 0.1) is 4.90 Å². The second kappa shape index (κ2) is 11.5. The third kappa shape index (κ3) is 6.08. The van der Waals surface area contributed by atoms with Gasteiger partial charge >= 0.3 is 12.1 Å². The summed E-state index contributed by atoms with van der Waals surface area (Å²) in [5.74, 6) is 2.25. The predicted molar refractivity (Wildman–Crippen MR) is 136 cm³/mol. The highest BCUT2D eigenvalue weighted by Gasteiger charge is 2.37. The average molecular weight is 517 g/mol. The van der Waals surface area contributed by atoms with Crippen LogP contribution in [0.15, 0.2) is 40.3 Å². The molecule has 0 radical (unpaired) electrons. The highest BCUT2D eigenvalue weighted by atomic mass is 32.2. The second-order valence-corrected chi connectivity index (χ2v) is 11.7. The van der Waals surface area contributed by atoms with Crippen molar-refractivity contribution in [3.63, 3.8) is 0 Å². The summed E-state index contributed by atoms with van der Waals surface area (Å²) in [5, 5.41) is 4.95. The van der Waals surface area contributed by atoms with E-state index >= 15 is 0 Å². The molecule has 3 N–H and O–H groups in total. The molecule has 5 rings (SSSR count). The first-order valence-electron chi connectivity index (χ1n) is 12.9. The molecule has 0 saturated heterocycles. The van der Waals surface area contributed by atoms with E-state index in [1.165, 1.54) is 41.5 Å². The Bertz CT molecular complexity index is 1110. The van der Waals surface area contributed by atoms with Crippen molar-refractivity contribution < 1.29 is 22.8 Å². The number of hydrogen-bond acceptors (Lipinski definition) is 5. The van der Waals surface area contributed by atoms with E-state index in [4.69, 9.17) is 0 Å². The van der Waals surface area contributed by atoms with Crippen LogP contribution in [0.3, 0.4) is 0 Å². The molecule has 36 heavy (non-hydrogen) atoms. The minimum Gasteiger partial charge on any atom is -0.340 e. The standard InChI is InChI=1S/C20H26N4O5S.C6H10/c1-21-19(26)23-30(28,29)16-8-6-14(7-9-16)10-12-22-20(27)24-13-11-15-4-2-3-5-17(15)18(24)25;1-2-6-4-3-5(1)6/h6-9H,2-5,10-13H2,1H3,(H,22,27)(H2,21,23,26);5-6H,1-4H2. The first-order valence-corrected chi connectivity index (χ1v) is 14.4. The summed E-state index contributed by atoms with van der Waals surface area (Å²) in [6, 6.07) is 4.82. The van der Waals surface area contributed by atoms with E-state index in [1.54, 1.807) is 37.8 Å². The number of benzene rings is 1.